The van der Waals surface area contributed by atoms with Gasteiger partial charge in [0.25, 0.3) is 0 Å². The number of aliphatic hydroxyl groups excluding tert-OH is 1. The minimum absolute atomic E-state index is 0.358. The van der Waals surface area contributed by atoms with E-state index in [-0.39, 0.29) is 6.04 Å². The predicted octanol–water partition coefficient (Wildman–Crippen LogP) is 0.313. The maximum absolute atomic E-state index is 10.7. The second-order valence-corrected chi connectivity index (χ2v) is 3.46. The van der Waals surface area contributed by atoms with Crippen molar-refractivity contribution in [1.29, 1.82) is 0 Å². The molecule has 0 fully saturated rings. The van der Waals surface area contributed by atoms with Crippen molar-refractivity contribution < 1.29 is 9.90 Å². The van der Waals surface area contributed by atoms with Crippen molar-refractivity contribution >= 4 is 6.03 Å². The molecule has 0 radical (unpaired) electrons. The number of urea groups is 1. The van der Waals surface area contributed by atoms with E-state index in [2.05, 4.69) is 5.32 Å². The third-order valence-corrected chi connectivity index (χ3v) is 2.50. The molecule has 1 aromatic rings. The van der Waals surface area contributed by atoms with E-state index in [1.807, 2.05) is 24.3 Å². The summed E-state index contributed by atoms with van der Waals surface area (Å²) in [6, 6.07) is 6.67. The first-order valence-corrected chi connectivity index (χ1v) is 4.50. The van der Waals surface area contributed by atoms with Gasteiger partial charge in [-0.15, -0.1) is 0 Å². The fourth-order valence-corrected chi connectivity index (χ4v) is 1.90. The van der Waals surface area contributed by atoms with Gasteiger partial charge < -0.3 is 16.2 Å². The topological polar surface area (TPSA) is 75.4 Å². The van der Waals surface area contributed by atoms with Gasteiger partial charge in [0.05, 0.1) is 12.1 Å². The van der Waals surface area contributed by atoms with Crippen LogP contribution in [0, 0.1) is 0 Å². The zero-order chi connectivity index (χ0) is 10.1. The van der Waals surface area contributed by atoms with Crippen molar-refractivity contribution in [2.75, 3.05) is 0 Å². The molecule has 0 aliphatic heterocycles. The maximum Gasteiger partial charge on any atom is 0.312 e. The number of primary amides is 1. The van der Waals surface area contributed by atoms with E-state index in [0.717, 1.165) is 11.1 Å². The number of carbonyl (C=O) groups excluding carboxylic acids is 1. The number of nitrogens with two attached hydrogens (primary N) is 1. The van der Waals surface area contributed by atoms with Crippen molar-refractivity contribution in [3.63, 3.8) is 0 Å². The standard InChI is InChI=1S/C10H12N2O2/c11-10(14)12-9-7-4-2-1-3-6(7)5-8(9)13/h1-4,8-9,13H,5H2,(H3,11,12,14). The number of rotatable bonds is 1. The summed E-state index contributed by atoms with van der Waals surface area (Å²) in [4.78, 5) is 10.7. The van der Waals surface area contributed by atoms with Crippen LogP contribution in [0.25, 0.3) is 0 Å². The van der Waals surface area contributed by atoms with Gasteiger partial charge in [-0.3, -0.25) is 0 Å². The lowest BCUT2D eigenvalue weighted by Crippen LogP contribution is -2.37. The third-order valence-electron chi connectivity index (χ3n) is 2.50. The molecule has 0 aromatic heterocycles. The Hall–Kier alpha value is -1.55. The van der Waals surface area contributed by atoms with Crippen LogP contribution >= 0.6 is 0 Å². The summed E-state index contributed by atoms with van der Waals surface area (Å²) in [5.74, 6) is 0. The summed E-state index contributed by atoms with van der Waals surface area (Å²) in [5, 5.41) is 12.2. The normalized spacial score (nSPS) is 24.4. The number of hydrogen-bond donors (Lipinski definition) is 3. The Morgan fingerprint density at radius 3 is 2.93 bits per heavy atom. The minimum Gasteiger partial charge on any atom is -0.390 e. The summed E-state index contributed by atoms with van der Waals surface area (Å²) in [6.07, 6.45) is 0.00102. The summed E-state index contributed by atoms with van der Waals surface area (Å²) < 4.78 is 0. The van der Waals surface area contributed by atoms with Gasteiger partial charge in [0.2, 0.25) is 0 Å². The van der Waals surface area contributed by atoms with Crippen LogP contribution in [0.2, 0.25) is 0 Å². The first-order valence-electron chi connectivity index (χ1n) is 4.50. The fraction of sp³-hybridized carbons (Fsp3) is 0.300. The predicted molar refractivity (Wildman–Crippen MR) is 51.6 cm³/mol. The highest BCUT2D eigenvalue weighted by Gasteiger charge is 2.31. The van der Waals surface area contributed by atoms with Crippen LogP contribution in [0.5, 0.6) is 0 Å². The van der Waals surface area contributed by atoms with Crippen LogP contribution in [0.1, 0.15) is 17.2 Å². The Balaban J connectivity index is 2.30. The Kier molecular flexibility index (Phi) is 2.13. The van der Waals surface area contributed by atoms with Gasteiger partial charge in [-0.05, 0) is 11.1 Å². The molecule has 2 rings (SSSR count). The molecule has 2 amide bonds. The Morgan fingerprint density at radius 2 is 2.21 bits per heavy atom. The maximum atomic E-state index is 10.7. The van der Waals surface area contributed by atoms with Crippen LogP contribution < -0.4 is 11.1 Å². The lowest BCUT2D eigenvalue weighted by Gasteiger charge is -2.15. The highest BCUT2D eigenvalue weighted by atomic mass is 16.3. The molecule has 1 aliphatic rings. The molecule has 1 aromatic carbocycles. The highest BCUT2D eigenvalue weighted by molar-refractivity contribution is 5.72. The third kappa shape index (κ3) is 1.44. The molecule has 0 saturated heterocycles. The molecule has 0 bridgehead atoms. The van der Waals surface area contributed by atoms with Crippen molar-refractivity contribution in [2.24, 2.45) is 5.73 Å². The largest absolute Gasteiger partial charge is 0.390 e. The Bertz CT molecular complexity index is 365. The fourth-order valence-electron chi connectivity index (χ4n) is 1.90. The molecular weight excluding hydrogens is 180 g/mol. The first kappa shape index (κ1) is 9.02. The molecule has 74 valence electrons. The number of carbonyl (C=O) groups is 1. The number of hydrogen-bond acceptors (Lipinski definition) is 2. The average Bonchev–Trinajstić information content (AvgIpc) is 2.43. The second-order valence-electron chi connectivity index (χ2n) is 3.46. The number of nitrogens with one attached hydrogen (secondary N) is 1. The quantitative estimate of drug-likeness (QED) is 0.599. The second kappa shape index (κ2) is 3.31. The lowest BCUT2D eigenvalue weighted by atomic mass is 10.1. The zero-order valence-corrected chi connectivity index (χ0v) is 7.60. The van der Waals surface area contributed by atoms with Crippen molar-refractivity contribution in [2.45, 2.75) is 18.6 Å². The van der Waals surface area contributed by atoms with Gasteiger partial charge in [-0.2, -0.15) is 0 Å². The van der Waals surface area contributed by atoms with Gasteiger partial charge in [0, 0.05) is 6.42 Å². The summed E-state index contributed by atoms with van der Waals surface area (Å²) in [5.41, 5.74) is 7.06. The molecule has 1 aliphatic carbocycles. The van der Waals surface area contributed by atoms with Gasteiger partial charge in [0.15, 0.2) is 0 Å². The molecule has 0 heterocycles. The molecule has 2 unspecified atom stereocenters. The molecule has 0 spiro atoms. The summed E-state index contributed by atoms with van der Waals surface area (Å²) >= 11 is 0. The molecular formula is C10H12N2O2. The molecule has 2 atom stereocenters. The monoisotopic (exact) mass is 192 g/mol. The zero-order valence-electron chi connectivity index (χ0n) is 7.60. The van der Waals surface area contributed by atoms with Crippen LogP contribution in [0.3, 0.4) is 0 Å². The molecule has 0 saturated carbocycles. The van der Waals surface area contributed by atoms with Crippen molar-refractivity contribution in [3.8, 4) is 0 Å². The highest BCUT2D eigenvalue weighted by Crippen LogP contribution is 2.30. The van der Waals surface area contributed by atoms with E-state index < -0.39 is 12.1 Å². The first-order chi connectivity index (χ1) is 6.68. The van der Waals surface area contributed by atoms with Crippen LogP contribution in [-0.2, 0) is 6.42 Å². The van der Waals surface area contributed by atoms with E-state index in [1.54, 1.807) is 0 Å². The molecule has 14 heavy (non-hydrogen) atoms. The molecule has 4 nitrogen and oxygen atoms in total. The van der Waals surface area contributed by atoms with E-state index in [1.165, 1.54) is 0 Å². The molecule has 4 heteroatoms. The summed E-state index contributed by atoms with van der Waals surface area (Å²) in [7, 11) is 0. The van der Waals surface area contributed by atoms with Gasteiger partial charge in [0.1, 0.15) is 0 Å². The number of amides is 2. The van der Waals surface area contributed by atoms with E-state index >= 15 is 0 Å². The van der Waals surface area contributed by atoms with E-state index in [0.29, 0.717) is 6.42 Å². The van der Waals surface area contributed by atoms with Gasteiger partial charge >= 0.3 is 6.03 Å². The van der Waals surface area contributed by atoms with Gasteiger partial charge in [-0.25, -0.2) is 4.79 Å². The van der Waals surface area contributed by atoms with Gasteiger partial charge in [-0.1, -0.05) is 24.3 Å². The smallest absolute Gasteiger partial charge is 0.312 e. The minimum atomic E-state index is -0.606. The number of fused-ring (bicyclic) bond motifs is 1. The molecule has 4 N–H and O–H groups in total. The summed E-state index contributed by atoms with van der Waals surface area (Å²) in [6.45, 7) is 0. The number of benzene rings is 1. The van der Waals surface area contributed by atoms with Crippen LogP contribution in [-0.4, -0.2) is 17.2 Å². The average molecular weight is 192 g/mol. The van der Waals surface area contributed by atoms with E-state index in [9.17, 15) is 9.90 Å². The van der Waals surface area contributed by atoms with Crippen molar-refractivity contribution in [3.05, 3.63) is 35.4 Å². The number of aliphatic hydroxyl groups is 1. The van der Waals surface area contributed by atoms with Crippen LogP contribution in [0.15, 0.2) is 24.3 Å². The Labute approximate surface area is 81.7 Å². The Morgan fingerprint density at radius 1 is 1.50 bits per heavy atom. The lowest BCUT2D eigenvalue weighted by molar-refractivity contribution is 0.143. The van der Waals surface area contributed by atoms with Crippen molar-refractivity contribution in [1.82, 2.24) is 5.32 Å². The van der Waals surface area contributed by atoms with Crippen LogP contribution in [0.4, 0.5) is 4.79 Å². The van der Waals surface area contributed by atoms with E-state index in [4.69, 9.17) is 5.73 Å². The SMILES string of the molecule is NC(=O)NC1c2ccccc2CC1O.